The van der Waals surface area contributed by atoms with Crippen LogP contribution in [0, 0.1) is 12.7 Å². The van der Waals surface area contributed by atoms with Gasteiger partial charge in [0.25, 0.3) is 5.91 Å². The molecule has 1 aliphatic heterocycles. The summed E-state index contributed by atoms with van der Waals surface area (Å²) < 4.78 is 19.5. The van der Waals surface area contributed by atoms with E-state index in [1.807, 2.05) is 25.1 Å². The molecule has 1 aromatic heterocycles. The van der Waals surface area contributed by atoms with Crippen LogP contribution in [-0.2, 0) is 0 Å². The highest BCUT2D eigenvalue weighted by Crippen LogP contribution is 2.28. The molecule has 0 N–H and O–H groups in total. The Bertz CT molecular complexity index is 1000. The van der Waals surface area contributed by atoms with Crippen molar-refractivity contribution in [3.05, 3.63) is 77.3 Å². The van der Waals surface area contributed by atoms with Gasteiger partial charge in [-0.15, -0.1) is 0 Å². The molecule has 28 heavy (non-hydrogen) atoms. The third kappa shape index (κ3) is 3.71. The molecule has 1 fully saturated rings. The van der Waals surface area contributed by atoms with E-state index in [-0.39, 0.29) is 17.3 Å². The normalized spacial score (nSPS) is 15.6. The van der Waals surface area contributed by atoms with E-state index in [0.29, 0.717) is 24.0 Å². The van der Waals surface area contributed by atoms with E-state index >= 15 is 0 Å². The Morgan fingerprint density at radius 2 is 1.82 bits per heavy atom. The fourth-order valence-corrected chi connectivity index (χ4v) is 3.59. The number of carbonyl (C=O) groups excluding carboxylic acids is 1. The molecule has 1 saturated heterocycles. The molecule has 3 aromatic rings. The zero-order valence-corrected chi connectivity index (χ0v) is 15.9. The van der Waals surface area contributed by atoms with Crippen LogP contribution in [0.25, 0.3) is 17.0 Å². The number of piperazine rings is 1. The average molecular weight is 378 g/mol. The monoisotopic (exact) mass is 378 g/mol. The number of fused-ring (bicyclic) bond motifs is 1. The van der Waals surface area contributed by atoms with Crippen molar-refractivity contribution in [2.24, 2.45) is 0 Å². The number of carbonyl (C=O) groups is 1. The minimum Gasteiger partial charge on any atom is -0.448 e. The Labute approximate surface area is 163 Å². The standard InChI is InChI=1S/C23H23FN2O2/c1-17-19-10-5-11-20(24)22(19)28-21(17)23(27)26-15-13-25(14-16-26)12-6-9-18-7-3-2-4-8-18/h2-11H,12-16H2,1H3. The van der Waals surface area contributed by atoms with Crippen LogP contribution in [0.3, 0.4) is 0 Å². The quantitative estimate of drug-likeness (QED) is 0.677. The summed E-state index contributed by atoms with van der Waals surface area (Å²) in [7, 11) is 0. The Balaban J connectivity index is 1.37. The van der Waals surface area contributed by atoms with Crippen molar-refractivity contribution < 1.29 is 13.6 Å². The highest BCUT2D eigenvalue weighted by molar-refractivity contribution is 5.99. The van der Waals surface area contributed by atoms with Crippen molar-refractivity contribution in [1.82, 2.24) is 9.80 Å². The predicted molar refractivity (Wildman–Crippen MR) is 109 cm³/mol. The van der Waals surface area contributed by atoms with Gasteiger partial charge in [0.05, 0.1) is 0 Å². The lowest BCUT2D eigenvalue weighted by Gasteiger charge is -2.33. The summed E-state index contributed by atoms with van der Waals surface area (Å²) in [4.78, 5) is 17.0. The molecule has 1 amide bonds. The van der Waals surface area contributed by atoms with Crippen LogP contribution in [0.15, 0.2) is 59.0 Å². The van der Waals surface area contributed by atoms with Crippen LogP contribution < -0.4 is 0 Å². The van der Waals surface area contributed by atoms with Gasteiger partial charge in [-0.3, -0.25) is 9.69 Å². The Morgan fingerprint density at radius 3 is 2.54 bits per heavy atom. The molecule has 5 heteroatoms. The summed E-state index contributed by atoms with van der Waals surface area (Å²) in [6.07, 6.45) is 4.27. The average Bonchev–Trinajstić information content (AvgIpc) is 3.07. The largest absolute Gasteiger partial charge is 0.448 e. The van der Waals surface area contributed by atoms with Crippen molar-refractivity contribution in [1.29, 1.82) is 0 Å². The second-order valence-electron chi connectivity index (χ2n) is 7.08. The van der Waals surface area contributed by atoms with Gasteiger partial charge in [-0.25, -0.2) is 4.39 Å². The van der Waals surface area contributed by atoms with Crippen LogP contribution in [0.1, 0.15) is 21.7 Å². The topological polar surface area (TPSA) is 36.7 Å². The molecule has 0 bridgehead atoms. The Hall–Kier alpha value is -2.92. The highest BCUT2D eigenvalue weighted by Gasteiger charge is 2.27. The molecule has 0 spiro atoms. The molecular formula is C23H23FN2O2. The van der Waals surface area contributed by atoms with Crippen LogP contribution in [0.5, 0.6) is 0 Å². The van der Waals surface area contributed by atoms with E-state index in [1.165, 1.54) is 11.6 Å². The molecule has 2 heterocycles. The minimum atomic E-state index is -0.435. The highest BCUT2D eigenvalue weighted by atomic mass is 19.1. The maximum absolute atomic E-state index is 13.9. The fraction of sp³-hybridized carbons (Fsp3) is 0.261. The Kier molecular flexibility index (Phi) is 5.26. The molecule has 4 rings (SSSR count). The van der Waals surface area contributed by atoms with Gasteiger partial charge >= 0.3 is 0 Å². The first kappa shape index (κ1) is 18.4. The number of hydrogen-bond donors (Lipinski definition) is 0. The van der Waals surface area contributed by atoms with E-state index in [0.717, 1.165) is 19.6 Å². The first-order valence-electron chi connectivity index (χ1n) is 9.54. The van der Waals surface area contributed by atoms with Crippen LogP contribution in [-0.4, -0.2) is 48.4 Å². The van der Waals surface area contributed by atoms with E-state index in [4.69, 9.17) is 4.42 Å². The molecule has 1 aliphatic rings. The van der Waals surface area contributed by atoms with E-state index in [2.05, 4.69) is 29.2 Å². The molecule has 144 valence electrons. The number of amides is 1. The summed E-state index contributed by atoms with van der Waals surface area (Å²) >= 11 is 0. The van der Waals surface area contributed by atoms with E-state index in [9.17, 15) is 9.18 Å². The third-order valence-electron chi connectivity index (χ3n) is 5.24. The van der Waals surface area contributed by atoms with Crippen LogP contribution >= 0.6 is 0 Å². The molecule has 0 radical (unpaired) electrons. The zero-order chi connectivity index (χ0) is 19.5. The molecule has 2 aromatic carbocycles. The number of nitrogens with zero attached hydrogens (tertiary/aromatic N) is 2. The summed E-state index contributed by atoms with van der Waals surface area (Å²) in [6.45, 7) is 5.54. The predicted octanol–water partition coefficient (Wildman–Crippen LogP) is 4.35. The number of para-hydroxylation sites is 1. The first-order valence-corrected chi connectivity index (χ1v) is 9.54. The maximum atomic E-state index is 13.9. The van der Waals surface area contributed by atoms with Gasteiger partial charge in [-0.2, -0.15) is 0 Å². The number of hydrogen-bond acceptors (Lipinski definition) is 3. The van der Waals surface area contributed by atoms with Crippen LogP contribution in [0.4, 0.5) is 4.39 Å². The lowest BCUT2D eigenvalue weighted by atomic mass is 10.1. The number of halogens is 1. The molecule has 4 nitrogen and oxygen atoms in total. The third-order valence-corrected chi connectivity index (χ3v) is 5.24. The van der Waals surface area contributed by atoms with Gasteiger partial charge in [0.1, 0.15) is 0 Å². The summed E-state index contributed by atoms with van der Waals surface area (Å²) in [5.41, 5.74) is 2.05. The van der Waals surface area contributed by atoms with Crippen molar-refractivity contribution in [2.45, 2.75) is 6.92 Å². The molecular weight excluding hydrogens is 355 g/mol. The smallest absolute Gasteiger partial charge is 0.289 e. The van der Waals surface area contributed by atoms with E-state index < -0.39 is 5.82 Å². The van der Waals surface area contributed by atoms with Crippen molar-refractivity contribution in [3.63, 3.8) is 0 Å². The fourth-order valence-electron chi connectivity index (χ4n) is 3.59. The van der Waals surface area contributed by atoms with Gasteiger partial charge in [-0.05, 0) is 18.6 Å². The van der Waals surface area contributed by atoms with Gasteiger partial charge < -0.3 is 9.32 Å². The van der Waals surface area contributed by atoms with Gasteiger partial charge in [-0.1, -0.05) is 54.6 Å². The lowest BCUT2D eigenvalue weighted by Crippen LogP contribution is -2.48. The lowest BCUT2D eigenvalue weighted by molar-refractivity contribution is 0.0620. The molecule has 0 unspecified atom stereocenters. The second kappa shape index (κ2) is 7.98. The van der Waals surface area contributed by atoms with Gasteiger partial charge in [0, 0.05) is 43.7 Å². The SMILES string of the molecule is Cc1c(C(=O)N2CCN(CC=Cc3ccccc3)CC2)oc2c(F)cccc12. The molecule has 0 aliphatic carbocycles. The number of furan rings is 1. The first-order chi connectivity index (χ1) is 13.6. The zero-order valence-electron chi connectivity index (χ0n) is 15.9. The number of benzene rings is 2. The van der Waals surface area contributed by atoms with E-state index in [1.54, 1.807) is 17.0 Å². The maximum Gasteiger partial charge on any atom is 0.289 e. The number of aryl methyl sites for hydroxylation is 1. The minimum absolute atomic E-state index is 0.160. The van der Waals surface area contributed by atoms with Gasteiger partial charge in [0.15, 0.2) is 17.2 Å². The van der Waals surface area contributed by atoms with Gasteiger partial charge in [0.2, 0.25) is 0 Å². The van der Waals surface area contributed by atoms with Crippen LogP contribution in [0.2, 0.25) is 0 Å². The Morgan fingerprint density at radius 1 is 1.07 bits per heavy atom. The summed E-state index contributed by atoms with van der Waals surface area (Å²) in [6, 6.07) is 15.0. The van der Waals surface area contributed by atoms with Crippen molar-refractivity contribution in [2.75, 3.05) is 32.7 Å². The summed E-state index contributed by atoms with van der Waals surface area (Å²) in [5, 5.41) is 0.660. The van der Waals surface area contributed by atoms with Crippen molar-refractivity contribution in [3.8, 4) is 0 Å². The summed E-state index contributed by atoms with van der Waals surface area (Å²) in [5.74, 6) is -0.347. The molecule has 0 atom stereocenters. The molecule has 0 saturated carbocycles. The second-order valence-corrected chi connectivity index (χ2v) is 7.08. The number of rotatable bonds is 4. The van der Waals surface area contributed by atoms with Crippen molar-refractivity contribution >= 4 is 23.0 Å².